The van der Waals surface area contributed by atoms with Gasteiger partial charge in [0.1, 0.15) is 17.9 Å². The Kier molecular flexibility index (Phi) is 5.88. The molecular formula is C15H16ClN5O5. The van der Waals surface area contributed by atoms with Crippen molar-refractivity contribution in [1.29, 1.82) is 0 Å². The largest absolute Gasteiger partial charge is 0.451 e. The summed E-state index contributed by atoms with van der Waals surface area (Å²) in [7, 11) is 0. The summed E-state index contributed by atoms with van der Waals surface area (Å²) >= 11 is 5.85. The zero-order valence-corrected chi connectivity index (χ0v) is 15.0. The highest BCUT2D eigenvalue weighted by Gasteiger charge is 2.24. The first-order chi connectivity index (χ1) is 12.2. The number of aromatic nitrogens is 3. The van der Waals surface area contributed by atoms with Crippen molar-refractivity contribution in [2.75, 3.05) is 5.32 Å². The summed E-state index contributed by atoms with van der Waals surface area (Å²) in [5.74, 6) is -1.35. The third-order valence-corrected chi connectivity index (χ3v) is 3.80. The number of amides is 1. The average Bonchev–Trinajstić information content (AvgIpc) is 2.83. The van der Waals surface area contributed by atoms with Crippen molar-refractivity contribution in [3.8, 4) is 0 Å². The van der Waals surface area contributed by atoms with Crippen LogP contribution in [0.5, 0.6) is 0 Å². The number of esters is 1. The number of nitrogens with zero attached hydrogens (tertiary/aromatic N) is 4. The summed E-state index contributed by atoms with van der Waals surface area (Å²) in [5.41, 5.74) is 0.548. The Hall–Kier alpha value is -3.01. The summed E-state index contributed by atoms with van der Waals surface area (Å²) in [6.45, 7) is 3.99. The van der Waals surface area contributed by atoms with Crippen molar-refractivity contribution >= 4 is 34.9 Å². The molecule has 0 fully saturated rings. The lowest BCUT2D eigenvalue weighted by Gasteiger charge is -2.14. The minimum Gasteiger partial charge on any atom is -0.451 e. The molecule has 0 spiro atoms. The van der Waals surface area contributed by atoms with Gasteiger partial charge in [0, 0.05) is 6.20 Å². The van der Waals surface area contributed by atoms with Crippen LogP contribution in [0.1, 0.15) is 18.3 Å². The van der Waals surface area contributed by atoms with E-state index in [0.717, 1.165) is 0 Å². The molecule has 0 saturated heterocycles. The molecule has 0 bridgehead atoms. The minimum atomic E-state index is -1.11. The van der Waals surface area contributed by atoms with E-state index < -0.39 is 22.9 Å². The predicted molar refractivity (Wildman–Crippen MR) is 91.8 cm³/mol. The first-order valence-electron chi connectivity index (χ1n) is 7.50. The van der Waals surface area contributed by atoms with E-state index in [2.05, 4.69) is 15.4 Å². The summed E-state index contributed by atoms with van der Waals surface area (Å²) in [6, 6.07) is 3.14. The molecule has 2 aromatic heterocycles. The number of pyridine rings is 1. The molecule has 1 atom stereocenters. The van der Waals surface area contributed by atoms with E-state index in [0.29, 0.717) is 0 Å². The number of hydrogen-bond acceptors (Lipinski definition) is 7. The fraction of sp³-hybridized carbons (Fsp3) is 0.333. The Morgan fingerprint density at radius 1 is 1.46 bits per heavy atom. The van der Waals surface area contributed by atoms with Gasteiger partial charge in [-0.05, 0) is 32.9 Å². The Balaban J connectivity index is 1.99. The number of nitro groups is 1. The van der Waals surface area contributed by atoms with Crippen LogP contribution in [-0.4, -0.2) is 37.7 Å². The maximum absolute atomic E-state index is 12.1. The zero-order valence-electron chi connectivity index (χ0n) is 14.2. The van der Waals surface area contributed by atoms with Crippen molar-refractivity contribution in [3.05, 3.63) is 45.0 Å². The molecule has 2 heterocycles. The number of anilines is 1. The van der Waals surface area contributed by atoms with Crippen LogP contribution in [0.25, 0.3) is 0 Å². The lowest BCUT2D eigenvalue weighted by Crippen LogP contribution is -2.31. The van der Waals surface area contributed by atoms with E-state index in [-0.39, 0.29) is 34.5 Å². The Morgan fingerprint density at radius 2 is 2.15 bits per heavy atom. The number of nitrogens with one attached hydrogen (secondary N) is 1. The van der Waals surface area contributed by atoms with E-state index in [4.69, 9.17) is 16.3 Å². The van der Waals surface area contributed by atoms with Gasteiger partial charge >= 0.3 is 11.7 Å². The summed E-state index contributed by atoms with van der Waals surface area (Å²) in [5, 5.41) is 17.5. The van der Waals surface area contributed by atoms with Gasteiger partial charge in [0.2, 0.25) is 0 Å². The second-order valence-electron chi connectivity index (χ2n) is 5.40. The second-order valence-corrected chi connectivity index (χ2v) is 5.76. The smallest absolute Gasteiger partial charge is 0.328 e. The fourth-order valence-electron chi connectivity index (χ4n) is 2.23. The first-order valence-corrected chi connectivity index (χ1v) is 7.87. The molecule has 10 nitrogen and oxygen atoms in total. The molecule has 1 amide bonds. The quantitative estimate of drug-likeness (QED) is 0.350. The molecule has 0 radical (unpaired) electrons. The van der Waals surface area contributed by atoms with Gasteiger partial charge in [-0.1, -0.05) is 11.6 Å². The molecule has 0 unspecified atom stereocenters. The molecule has 2 rings (SSSR count). The van der Waals surface area contributed by atoms with Crippen molar-refractivity contribution in [2.45, 2.75) is 33.4 Å². The predicted octanol–water partition coefficient (Wildman–Crippen LogP) is 2.03. The van der Waals surface area contributed by atoms with Gasteiger partial charge in [-0.3, -0.25) is 24.4 Å². The number of aryl methyl sites for hydroxylation is 1. The number of carbonyl (C=O) groups is 2. The van der Waals surface area contributed by atoms with Gasteiger partial charge in [-0.2, -0.15) is 5.10 Å². The van der Waals surface area contributed by atoms with Crippen LogP contribution < -0.4 is 5.32 Å². The van der Waals surface area contributed by atoms with Crippen LogP contribution in [0.15, 0.2) is 18.3 Å². The van der Waals surface area contributed by atoms with E-state index in [1.807, 2.05) is 0 Å². The molecule has 0 aromatic carbocycles. The number of halogens is 1. The van der Waals surface area contributed by atoms with Crippen LogP contribution in [0.2, 0.25) is 5.15 Å². The third kappa shape index (κ3) is 4.33. The number of rotatable bonds is 6. The summed E-state index contributed by atoms with van der Waals surface area (Å²) < 4.78 is 6.21. The van der Waals surface area contributed by atoms with E-state index in [1.54, 1.807) is 12.1 Å². The molecule has 2 aromatic rings. The molecular weight excluding hydrogens is 366 g/mol. The lowest BCUT2D eigenvalue weighted by molar-refractivity contribution is -0.386. The van der Waals surface area contributed by atoms with Gasteiger partial charge in [0.15, 0.2) is 11.3 Å². The first kappa shape index (κ1) is 19.3. The lowest BCUT2D eigenvalue weighted by atomic mass is 10.3. The van der Waals surface area contributed by atoms with Gasteiger partial charge in [0.05, 0.1) is 10.6 Å². The van der Waals surface area contributed by atoms with Crippen LogP contribution in [0.3, 0.4) is 0 Å². The van der Waals surface area contributed by atoms with Crippen LogP contribution >= 0.6 is 11.6 Å². The van der Waals surface area contributed by atoms with Crippen molar-refractivity contribution in [1.82, 2.24) is 14.8 Å². The molecule has 11 heteroatoms. The maximum Gasteiger partial charge on any atom is 0.328 e. The van der Waals surface area contributed by atoms with Gasteiger partial charge in [0.25, 0.3) is 5.91 Å². The van der Waals surface area contributed by atoms with Crippen molar-refractivity contribution < 1.29 is 19.2 Å². The second kappa shape index (κ2) is 7.91. The van der Waals surface area contributed by atoms with Crippen molar-refractivity contribution in [2.24, 2.45) is 0 Å². The number of hydrogen-bond donors (Lipinski definition) is 1. The molecule has 0 aliphatic heterocycles. The topological polar surface area (TPSA) is 129 Å². The maximum atomic E-state index is 12.1. The zero-order chi connectivity index (χ0) is 19.4. The molecule has 0 saturated carbocycles. The number of ether oxygens (including phenoxy) is 1. The Labute approximate surface area is 153 Å². The third-order valence-electron chi connectivity index (χ3n) is 3.50. The molecule has 0 aliphatic rings. The monoisotopic (exact) mass is 381 g/mol. The highest BCUT2D eigenvalue weighted by molar-refractivity contribution is 6.32. The van der Waals surface area contributed by atoms with Gasteiger partial charge in [-0.25, -0.2) is 4.98 Å². The van der Waals surface area contributed by atoms with Gasteiger partial charge in [-0.15, -0.1) is 0 Å². The van der Waals surface area contributed by atoms with E-state index >= 15 is 0 Å². The van der Waals surface area contributed by atoms with E-state index in [9.17, 15) is 19.7 Å². The van der Waals surface area contributed by atoms with Crippen molar-refractivity contribution in [3.63, 3.8) is 0 Å². The van der Waals surface area contributed by atoms with E-state index in [1.165, 1.54) is 31.6 Å². The molecule has 138 valence electrons. The number of carbonyl (C=O) groups excluding carboxylic acids is 2. The average molecular weight is 382 g/mol. The normalized spacial score (nSPS) is 11.7. The van der Waals surface area contributed by atoms with Crippen LogP contribution in [-0.2, 0) is 20.9 Å². The summed E-state index contributed by atoms with van der Waals surface area (Å²) in [4.78, 5) is 38.3. The standard InChI is InChI=1S/C15H16ClN5O5/c1-8-13(21(24)25)9(2)20(19-8)7-12(22)26-10(3)15(23)18-11-5-4-6-17-14(11)16/h4-6,10H,7H2,1-3H3,(H,18,23)/t10-/m1/s1. The fourth-order valence-corrected chi connectivity index (χ4v) is 2.40. The summed E-state index contributed by atoms with van der Waals surface area (Å²) in [6.07, 6.45) is 0.361. The molecule has 26 heavy (non-hydrogen) atoms. The highest BCUT2D eigenvalue weighted by Crippen LogP contribution is 2.22. The van der Waals surface area contributed by atoms with Gasteiger partial charge < -0.3 is 10.1 Å². The van der Waals surface area contributed by atoms with Crippen LogP contribution in [0.4, 0.5) is 11.4 Å². The highest BCUT2D eigenvalue weighted by atomic mass is 35.5. The molecule has 0 aliphatic carbocycles. The van der Waals surface area contributed by atoms with Crippen LogP contribution in [0, 0.1) is 24.0 Å². The molecule has 1 N–H and O–H groups in total. The SMILES string of the molecule is Cc1nn(CC(=O)O[C@H](C)C(=O)Nc2cccnc2Cl)c(C)c1[N+](=O)[O-]. The Bertz CT molecular complexity index is 866. The minimum absolute atomic E-state index is 0.106. The Morgan fingerprint density at radius 3 is 2.73 bits per heavy atom.